The Labute approximate surface area is 70.7 Å². The van der Waals surface area contributed by atoms with E-state index in [4.69, 9.17) is 9.84 Å². The SMILES string of the molecule is CCOCC(NC(C)=O)C(=O)O. The van der Waals surface area contributed by atoms with Gasteiger partial charge in [0.15, 0.2) is 6.04 Å². The molecule has 0 heterocycles. The predicted molar refractivity (Wildman–Crippen MR) is 41.7 cm³/mol. The summed E-state index contributed by atoms with van der Waals surface area (Å²) < 4.78 is 4.86. The first-order valence-corrected chi connectivity index (χ1v) is 3.65. The highest BCUT2D eigenvalue weighted by atomic mass is 16.5. The minimum Gasteiger partial charge on any atom is -0.480 e. The Balaban J connectivity index is 3.87. The van der Waals surface area contributed by atoms with Gasteiger partial charge in [-0.2, -0.15) is 0 Å². The smallest absolute Gasteiger partial charge is 0.328 e. The van der Waals surface area contributed by atoms with Crippen LogP contribution in [-0.2, 0) is 14.3 Å². The van der Waals surface area contributed by atoms with Crippen molar-refractivity contribution in [1.82, 2.24) is 5.32 Å². The number of carbonyl (C=O) groups is 2. The summed E-state index contributed by atoms with van der Waals surface area (Å²) in [5.74, 6) is -1.46. The topological polar surface area (TPSA) is 75.6 Å². The first kappa shape index (κ1) is 10.9. The number of ether oxygens (including phenoxy) is 1. The lowest BCUT2D eigenvalue weighted by Gasteiger charge is -2.12. The van der Waals surface area contributed by atoms with Crippen LogP contribution in [0.4, 0.5) is 0 Å². The Hall–Kier alpha value is -1.10. The summed E-state index contributed by atoms with van der Waals surface area (Å²) in [6.07, 6.45) is 0. The molecular formula is C7H13NO4. The molecule has 5 heteroatoms. The normalized spacial score (nSPS) is 12.2. The number of hydrogen-bond acceptors (Lipinski definition) is 3. The average Bonchev–Trinajstić information content (AvgIpc) is 1.96. The Morgan fingerprint density at radius 1 is 1.58 bits per heavy atom. The molecule has 0 aliphatic heterocycles. The molecule has 70 valence electrons. The number of rotatable bonds is 5. The first-order valence-electron chi connectivity index (χ1n) is 3.65. The molecule has 1 amide bonds. The molecule has 0 rings (SSSR count). The number of carboxylic acids is 1. The average molecular weight is 175 g/mol. The molecule has 0 spiro atoms. The maximum Gasteiger partial charge on any atom is 0.328 e. The van der Waals surface area contributed by atoms with Gasteiger partial charge in [-0.25, -0.2) is 4.79 Å². The summed E-state index contributed by atoms with van der Waals surface area (Å²) in [6.45, 7) is 3.46. The van der Waals surface area contributed by atoms with Gasteiger partial charge in [0.05, 0.1) is 6.61 Å². The van der Waals surface area contributed by atoms with Crippen LogP contribution in [0, 0.1) is 0 Å². The van der Waals surface area contributed by atoms with Crippen LogP contribution < -0.4 is 5.32 Å². The second-order valence-electron chi connectivity index (χ2n) is 2.25. The molecular weight excluding hydrogens is 162 g/mol. The van der Waals surface area contributed by atoms with Crippen molar-refractivity contribution >= 4 is 11.9 Å². The molecule has 0 bridgehead atoms. The molecule has 1 atom stereocenters. The molecule has 0 radical (unpaired) electrons. The molecule has 12 heavy (non-hydrogen) atoms. The van der Waals surface area contributed by atoms with Crippen LogP contribution in [0.3, 0.4) is 0 Å². The quantitative estimate of drug-likeness (QED) is 0.596. The van der Waals surface area contributed by atoms with Gasteiger partial charge in [0.1, 0.15) is 0 Å². The minimum atomic E-state index is -1.08. The van der Waals surface area contributed by atoms with E-state index in [-0.39, 0.29) is 12.5 Å². The third-order valence-corrected chi connectivity index (χ3v) is 1.16. The van der Waals surface area contributed by atoms with Crippen molar-refractivity contribution < 1.29 is 19.4 Å². The van der Waals surface area contributed by atoms with Crippen molar-refractivity contribution in [2.24, 2.45) is 0 Å². The molecule has 1 unspecified atom stereocenters. The maximum atomic E-state index is 10.5. The molecule has 0 aliphatic carbocycles. The molecule has 0 fully saturated rings. The number of amides is 1. The molecule has 0 aliphatic rings. The third-order valence-electron chi connectivity index (χ3n) is 1.16. The van der Waals surface area contributed by atoms with Crippen LogP contribution in [-0.4, -0.2) is 36.2 Å². The predicted octanol–water partition coefficient (Wildman–Crippen LogP) is -0.388. The maximum absolute atomic E-state index is 10.5. The molecule has 0 aromatic rings. The van der Waals surface area contributed by atoms with E-state index in [0.717, 1.165) is 0 Å². The molecule has 0 aromatic carbocycles. The highest BCUT2D eigenvalue weighted by molar-refractivity contribution is 5.82. The number of aliphatic carboxylic acids is 1. The van der Waals surface area contributed by atoms with Gasteiger partial charge in [-0.15, -0.1) is 0 Å². The fourth-order valence-electron chi connectivity index (χ4n) is 0.656. The van der Waals surface area contributed by atoms with Crippen LogP contribution in [0.25, 0.3) is 0 Å². The third kappa shape index (κ3) is 4.68. The lowest BCUT2D eigenvalue weighted by Crippen LogP contribution is -2.42. The lowest BCUT2D eigenvalue weighted by molar-refractivity contribution is -0.143. The first-order chi connectivity index (χ1) is 5.57. The Morgan fingerprint density at radius 3 is 2.50 bits per heavy atom. The molecule has 0 saturated heterocycles. The summed E-state index contributed by atoms with van der Waals surface area (Å²) in [5.41, 5.74) is 0. The number of nitrogens with one attached hydrogen (secondary N) is 1. The van der Waals surface area contributed by atoms with Crippen LogP contribution in [0.2, 0.25) is 0 Å². The standard InChI is InChI=1S/C7H13NO4/c1-3-12-4-6(7(10)11)8-5(2)9/h6H,3-4H2,1-2H3,(H,8,9)(H,10,11). The number of carboxylic acid groups (broad SMARTS) is 1. The summed E-state index contributed by atoms with van der Waals surface area (Å²) in [7, 11) is 0. The minimum absolute atomic E-state index is 0.00537. The van der Waals surface area contributed by atoms with Gasteiger partial charge >= 0.3 is 5.97 Å². The molecule has 2 N–H and O–H groups in total. The largest absolute Gasteiger partial charge is 0.480 e. The molecule has 0 aromatic heterocycles. The van der Waals surface area contributed by atoms with Gasteiger partial charge in [-0.05, 0) is 6.92 Å². The van der Waals surface area contributed by atoms with Gasteiger partial charge in [0.2, 0.25) is 5.91 Å². The zero-order chi connectivity index (χ0) is 9.56. The Kier molecular flexibility index (Phi) is 5.03. The van der Waals surface area contributed by atoms with Gasteiger partial charge in [0.25, 0.3) is 0 Å². The second-order valence-corrected chi connectivity index (χ2v) is 2.25. The zero-order valence-corrected chi connectivity index (χ0v) is 7.16. The highest BCUT2D eigenvalue weighted by Crippen LogP contribution is 1.86. The molecule has 0 saturated carbocycles. The Bertz CT molecular complexity index is 169. The summed E-state index contributed by atoms with van der Waals surface area (Å²) in [6, 6.07) is -0.942. The van der Waals surface area contributed by atoms with E-state index in [1.54, 1.807) is 6.92 Å². The fraction of sp³-hybridized carbons (Fsp3) is 0.714. The number of hydrogen-bond donors (Lipinski definition) is 2. The van der Waals surface area contributed by atoms with Gasteiger partial charge < -0.3 is 15.2 Å². The van der Waals surface area contributed by atoms with Crippen molar-refractivity contribution in [3.05, 3.63) is 0 Å². The van der Waals surface area contributed by atoms with Crippen molar-refractivity contribution in [3.63, 3.8) is 0 Å². The van der Waals surface area contributed by atoms with E-state index in [2.05, 4.69) is 5.32 Å². The van der Waals surface area contributed by atoms with E-state index < -0.39 is 12.0 Å². The van der Waals surface area contributed by atoms with E-state index in [0.29, 0.717) is 6.61 Å². The lowest BCUT2D eigenvalue weighted by atomic mass is 10.3. The van der Waals surface area contributed by atoms with Crippen LogP contribution in [0.1, 0.15) is 13.8 Å². The summed E-state index contributed by atoms with van der Waals surface area (Å²) in [5, 5.41) is 10.8. The molecule has 5 nitrogen and oxygen atoms in total. The highest BCUT2D eigenvalue weighted by Gasteiger charge is 2.17. The summed E-state index contributed by atoms with van der Waals surface area (Å²) >= 11 is 0. The summed E-state index contributed by atoms with van der Waals surface area (Å²) in [4.78, 5) is 20.9. The van der Waals surface area contributed by atoms with Crippen molar-refractivity contribution in [3.8, 4) is 0 Å². The number of carbonyl (C=O) groups excluding carboxylic acids is 1. The van der Waals surface area contributed by atoms with E-state index in [1.807, 2.05) is 0 Å². The monoisotopic (exact) mass is 175 g/mol. The second kappa shape index (κ2) is 5.54. The van der Waals surface area contributed by atoms with Crippen molar-refractivity contribution in [2.75, 3.05) is 13.2 Å². The fourth-order valence-corrected chi connectivity index (χ4v) is 0.656. The van der Waals surface area contributed by atoms with Crippen LogP contribution in [0.15, 0.2) is 0 Å². The van der Waals surface area contributed by atoms with Crippen molar-refractivity contribution in [2.45, 2.75) is 19.9 Å². The van der Waals surface area contributed by atoms with Gasteiger partial charge in [0, 0.05) is 13.5 Å². The Morgan fingerprint density at radius 2 is 2.17 bits per heavy atom. The van der Waals surface area contributed by atoms with E-state index in [9.17, 15) is 9.59 Å². The van der Waals surface area contributed by atoms with Gasteiger partial charge in [-0.3, -0.25) is 4.79 Å². The van der Waals surface area contributed by atoms with Gasteiger partial charge in [-0.1, -0.05) is 0 Å². The van der Waals surface area contributed by atoms with Crippen LogP contribution >= 0.6 is 0 Å². The zero-order valence-electron chi connectivity index (χ0n) is 7.16. The van der Waals surface area contributed by atoms with Crippen LogP contribution in [0.5, 0.6) is 0 Å². The van der Waals surface area contributed by atoms with Crippen molar-refractivity contribution in [1.29, 1.82) is 0 Å². The van der Waals surface area contributed by atoms with E-state index in [1.165, 1.54) is 6.92 Å². The van der Waals surface area contributed by atoms with E-state index >= 15 is 0 Å².